The Morgan fingerprint density at radius 1 is 1.12 bits per heavy atom. The van der Waals surface area contributed by atoms with Gasteiger partial charge in [0, 0.05) is 18.5 Å². The predicted octanol–water partition coefficient (Wildman–Crippen LogP) is 1.13. The summed E-state index contributed by atoms with van der Waals surface area (Å²) in [6.45, 7) is 0.324. The Kier molecular flexibility index (Phi) is 4.40. The highest BCUT2D eigenvalue weighted by molar-refractivity contribution is 6.05. The maximum Gasteiger partial charge on any atom is 0.255 e. The molecule has 0 aromatic heterocycles. The van der Waals surface area contributed by atoms with E-state index in [-0.39, 0.29) is 24.3 Å². The molecule has 0 spiro atoms. The summed E-state index contributed by atoms with van der Waals surface area (Å²) in [7, 11) is 0. The normalized spacial score (nSPS) is 28.7. The van der Waals surface area contributed by atoms with E-state index in [1.54, 1.807) is 12.1 Å². The van der Waals surface area contributed by atoms with Crippen LogP contribution in [0.3, 0.4) is 0 Å². The smallest absolute Gasteiger partial charge is 0.255 e. The minimum absolute atomic E-state index is 0.196. The van der Waals surface area contributed by atoms with Gasteiger partial charge in [-0.3, -0.25) is 19.7 Å². The maximum absolute atomic E-state index is 12.7. The molecule has 3 amide bonds. The van der Waals surface area contributed by atoms with Crippen LogP contribution in [0.15, 0.2) is 18.2 Å². The van der Waals surface area contributed by atoms with E-state index < -0.39 is 18.1 Å². The van der Waals surface area contributed by atoms with Crippen LogP contribution >= 0.6 is 0 Å². The van der Waals surface area contributed by atoms with Crippen LogP contribution in [0.4, 0.5) is 0 Å². The monoisotopic (exact) mass is 358 g/mol. The number of ether oxygens (including phenoxy) is 1. The van der Waals surface area contributed by atoms with Crippen molar-refractivity contribution in [1.29, 1.82) is 0 Å². The number of piperidine rings is 1. The zero-order chi connectivity index (χ0) is 18.3. The lowest BCUT2D eigenvalue weighted by molar-refractivity contribution is -0.136. The van der Waals surface area contributed by atoms with E-state index in [0.717, 1.165) is 31.2 Å². The number of benzene rings is 1. The molecular weight excluding hydrogens is 336 g/mol. The van der Waals surface area contributed by atoms with Crippen molar-refractivity contribution in [1.82, 2.24) is 10.2 Å². The Morgan fingerprint density at radius 2 is 1.92 bits per heavy atom. The van der Waals surface area contributed by atoms with Crippen LogP contribution in [0.1, 0.15) is 54.4 Å². The summed E-state index contributed by atoms with van der Waals surface area (Å²) in [6, 6.07) is 4.66. The molecule has 2 N–H and O–H groups in total. The number of imide groups is 1. The largest absolute Gasteiger partial charge is 0.488 e. The van der Waals surface area contributed by atoms with Gasteiger partial charge < -0.3 is 14.7 Å². The van der Waals surface area contributed by atoms with Crippen LogP contribution < -0.4 is 10.1 Å². The fraction of sp³-hybridized carbons (Fsp3) is 0.526. The number of hydrogen-bond donors (Lipinski definition) is 2. The van der Waals surface area contributed by atoms with Gasteiger partial charge in [-0.15, -0.1) is 0 Å². The van der Waals surface area contributed by atoms with Gasteiger partial charge in [-0.1, -0.05) is 6.42 Å². The van der Waals surface area contributed by atoms with Crippen LogP contribution in [-0.4, -0.2) is 46.0 Å². The van der Waals surface area contributed by atoms with Crippen molar-refractivity contribution in [3.63, 3.8) is 0 Å². The van der Waals surface area contributed by atoms with Crippen LogP contribution in [0.25, 0.3) is 0 Å². The van der Waals surface area contributed by atoms with Gasteiger partial charge in [-0.05, 0) is 49.4 Å². The van der Waals surface area contributed by atoms with Gasteiger partial charge in [0.05, 0.1) is 6.10 Å². The molecule has 3 atom stereocenters. The number of amides is 3. The van der Waals surface area contributed by atoms with Crippen molar-refractivity contribution in [2.24, 2.45) is 0 Å². The molecule has 1 unspecified atom stereocenters. The number of fused-ring (bicyclic) bond motifs is 1. The van der Waals surface area contributed by atoms with Gasteiger partial charge in [0.15, 0.2) is 0 Å². The minimum Gasteiger partial charge on any atom is -0.488 e. The molecule has 0 radical (unpaired) electrons. The van der Waals surface area contributed by atoms with Crippen molar-refractivity contribution in [2.45, 2.75) is 63.3 Å². The molecule has 2 fully saturated rings. The molecule has 3 aliphatic rings. The summed E-state index contributed by atoms with van der Waals surface area (Å²) in [5.41, 5.74) is 1.37. The molecule has 2 aliphatic heterocycles. The second-order valence-corrected chi connectivity index (χ2v) is 7.23. The molecule has 1 saturated heterocycles. The number of carbonyl (C=O) groups excluding carboxylic acids is 3. The lowest BCUT2D eigenvalue weighted by Crippen LogP contribution is -2.52. The molecule has 7 nitrogen and oxygen atoms in total. The number of nitrogens with one attached hydrogen (secondary N) is 1. The molecule has 7 heteroatoms. The Bertz CT molecular complexity index is 762. The molecule has 0 bridgehead atoms. The molecule has 1 aromatic carbocycles. The highest BCUT2D eigenvalue weighted by Crippen LogP contribution is 2.31. The SMILES string of the molecule is O=C1CCC(N2Cc3cc(O[C@@H]4CCCC[C@@H]4O)ccc3C2=O)C(=O)N1. The fourth-order valence-electron chi connectivity index (χ4n) is 4.01. The number of carbonyl (C=O) groups is 3. The Labute approximate surface area is 151 Å². The summed E-state index contributed by atoms with van der Waals surface area (Å²) < 4.78 is 5.94. The second kappa shape index (κ2) is 6.72. The molecule has 26 heavy (non-hydrogen) atoms. The number of aliphatic hydroxyl groups is 1. The first kappa shape index (κ1) is 17.0. The van der Waals surface area contributed by atoms with E-state index in [1.807, 2.05) is 6.07 Å². The Balaban J connectivity index is 1.49. The predicted molar refractivity (Wildman–Crippen MR) is 91.4 cm³/mol. The van der Waals surface area contributed by atoms with Crippen LogP contribution in [0.5, 0.6) is 5.75 Å². The molecular formula is C19H22N2O5. The minimum atomic E-state index is -0.614. The summed E-state index contributed by atoms with van der Waals surface area (Å²) >= 11 is 0. The maximum atomic E-state index is 12.7. The topological polar surface area (TPSA) is 95.9 Å². The molecule has 2 heterocycles. The van der Waals surface area contributed by atoms with E-state index in [0.29, 0.717) is 24.3 Å². The summed E-state index contributed by atoms with van der Waals surface area (Å²) in [5, 5.41) is 12.4. The number of hydrogen-bond acceptors (Lipinski definition) is 5. The third-order valence-electron chi connectivity index (χ3n) is 5.45. The van der Waals surface area contributed by atoms with Crippen molar-refractivity contribution in [3.8, 4) is 5.75 Å². The third kappa shape index (κ3) is 3.07. The standard InChI is InChI=1S/C19H22N2O5/c22-15-3-1-2-4-16(15)26-12-5-6-13-11(9-12)10-21(19(13)25)14-7-8-17(23)20-18(14)24/h5-6,9,14-16,22H,1-4,7-8,10H2,(H,20,23,24)/t14?,15-,16+/m0/s1. The number of nitrogens with zero attached hydrogens (tertiary/aromatic N) is 1. The van der Waals surface area contributed by atoms with Crippen molar-refractivity contribution >= 4 is 17.7 Å². The molecule has 1 saturated carbocycles. The summed E-state index contributed by atoms with van der Waals surface area (Å²) in [5.74, 6) is -0.271. The zero-order valence-corrected chi connectivity index (χ0v) is 14.4. The second-order valence-electron chi connectivity index (χ2n) is 7.23. The summed E-state index contributed by atoms with van der Waals surface area (Å²) in [4.78, 5) is 37.6. The highest BCUT2D eigenvalue weighted by atomic mass is 16.5. The van der Waals surface area contributed by atoms with Crippen molar-refractivity contribution < 1.29 is 24.2 Å². The average molecular weight is 358 g/mol. The lowest BCUT2D eigenvalue weighted by Gasteiger charge is -2.29. The zero-order valence-electron chi connectivity index (χ0n) is 14.4. The van der Waals surface area contributed by atoms with E-state index in [1.165, 1.54) is 4.90 Å². The molecule has 138 valence electrons. The average Bonchev–Trinajstić information content (AvgIpc) is 2.93. The van der Waals surface area contributed by atoms with Gasteiger partial charge in [0.1, 0.15) is 17.9 Å². The fourth-order valence-corrected chi connectivity index (χ4v) is 4.01. The van der Waals surface area contributed by atoms with Gasteiger partial charge in [-0.2, -0.15) is 0 Å². The van der Waals surface area contributed by atoms with E-state index in [9.17, 15) is 19.5 Å². The van der Waals surface area contributed by atoms with Gasteiger partial charge >= 0.3 is 0 Å². The van der Waals surface area contributed by atoms with Crippen LogP contribution in [0.2, 0.25) is 0 Å². The van der Waals surface area contributed by atoms with Gasteiger partial charge in [-0.25, -0.2) is 0 Å². The molecule has 4 rings (SSSR count). The highest BCUT2D eigenvalue weighted by Gasteiger charge is 2.39. The van der Waals surface area contributed by atoms with Crippen molar-refractivity contribution in [2.75, 3.05) is 0 Å². The first-order valence-electron chi connectivity index (χ1n) is 9.15. The molecule has 1 aliphatic carbocycles. The molecule has 1 aromatic rings. The van der Waals surface area contributed by atoms with Crippen LogP contribution in [-0.2, 0) is 16.1 Å². The van der Waals surface area contributed by atoms with E-state index in [4.69, 9.17) is 4.74 Å². The summed E-state index contributed by atoms with van der Waals surface area (Å²) in [6.07, 6.45) is 3.53. The van der Waals surface area contributed by atoms with E-state index in [2.05, 4.69) is 5.32 Å². The van der Waals surface area contributed by atoms with Gasteiger partial charge in [0.25, 0.3) is 5.91 Å². The quantitative estimate of drug-likeness (QED) is 0.790. The third-order valence-corrected chi connectivity index (χ3v) is 5.45. The van der Waals surface area contributed by atoms with E-state index >= 15 is 0 Å². The number of aliphatic hydroxyl groups excluding tert-OH is 1. The Morgan fingerprint density at radius 3 is 2.69 bits per heavy atom. The lowest BCUT2D eigenvalue weighted by atomic mass is 9.95. The Hall–Kier alpha value is -2.41. The van der Waals surface area contributed by atoms with Gasteiger partial charge in [0.2, 0.25) is 11.8 Å². The van der Waals surface area contributed by atoms with Crippen molar-refractivity contribution in [3.05, 3.63) is 29.3 Å². The van der Waals surface area contributed by atoms with Crippen LogP contribution in [0, 0.1) is 0 Å². The first-order valence-corrected chi connectivity index (χ1v) is 9.15. The first-order chi connectivity index (χ1) is 12.5. The number of rotatable bonds is 3.